The first-order valence-electron chi connectivity index (χ1n) is 7.78. The van der Waals surface area contributed by atoms with Crippen molar-refractivity contribution in [3.63, 3.8) is 0 Å². The van der Waals surface area contributed by atoms with Crippen LogP contribution in [0.1, 0.15) is 11.3 Å². The quantitative estimate of drug-likeness (QED) is 0.660. The Kier molecular flexibility index (Phi) is 4.55. The molecule has 0 radical (unpaired) electrons. The van der Waals surface area contributed by atoms with Crippen LogP contribution in [0.3, 0.4) is 0 Å². The van der Waals surface area contributed by atoms with E-state index in [2.05, 4.69) is 48.3 Å². The number of amidine groups is 1. The Morgan fingerprint density at radius 3 is 2.93 bits per heavy atom. The van der Waals surface area contributed by atoms with Gasteiger partial charge in [-0.25, -0.2) is 9.02 Å². The highest BCUT2D eigenvalue weighted by Crippen LogP contribution is 2.31. The molecule has 1 N–H and O–H groups in total. The lowest BCUT2D eigenvalue weighted by atomic mass is 10.2. The SMILES string of the molecule is C=C1ON=C(c2nonc2NCc2cccnc2)N1c1ccc(F)c(Br)c1. The zero-order chi connectivity index (χ0) is 18.8. The van der Waals surface area contributed by atoms with Crippen molar-refractivity contribution >= 4 is 33.3 Å². The first kappa shape index (κ1) is 17.2. The molecule has 10 heteroatoms. The van der Waals surface area contributed by atoms with Gasteiger partial charge in [-0.3, -0.25) is 9.88 Å². The molecule has 0 saturated heterocycles. The average molecular weight is 431 g/mol. The van der Waals surface area contributed by atoms with E-state index in [0.29, 0.717) is 34.1 Å². The lowest BCUT2D eigenvalue weighted by Crippen LogP contribution is -2.27. The normalized spacial score (nSPS) is 13.5. The summed E-state index contributed by atoms with van der Waals surface area (Å²) in [5, 5.41) is 14.9. The number of hydrogen-bond donors (Lipinski definition) is 1. The molecule has 1 aliphatic rings. The Labute approximate surface area is 161 Å². The molecule has 8 nitrogen and oxygen atoms in total. The Morgan fingerprint density at radius 1 is 1.26 bits per heavy atom. The standard InChI is InChI=1S/C17H12BrFN6O2/c1-10-25(12-4-5-14(19)13(18)7-12)17(24-26-10)15-16(23-27-22-15)21-9-11-3-2-6-20-8-11/h2-8H,1,9H2,(H,21,23). The smallest absolute Gasteiger partial charge is 0.228 e. The van der Waals surface area contributed by atoms with Gasteiger partial charge in [0.25, 0.3) is 0 Å². The molecule has 0 unspecified atom stereocenters. The number of benzene rings is 1. The summed E-state index contributed by atoms with van der Waals surface area (Å²) in [6, 6.07) is 8.25. The molecule has 0 atom stereocenters. The third-order valence-electron chi connectivity index (χ3n) is 3.74. The number of hydrogen-bond acceptors (Lipinski definition) is 8. The summed E-state index contributed by atoms with van der Waals surface area (Å²) in [4.78, 5) is 10.9. The fourth-order valence-corrected chi connectivity index (χ4v) is 2.84. The fourth-order valence-electron chi connectivity index (χ4n) is 2.47. The highest BCUT2D eigenvalue weighted by molar-refractivity contribution is 9.10. The summed E-state index contributed by atoms with van der Waals surface area (Å²) in [7, 11) is 0. The van der Waals surface area contributed by atoms with Gasteiger partial charge < -0.3 is 10.2 Å². The second-order valence-electron chi connectivity index (χ2n) is 5.51. The fraction of sp³-hybridized carbons (Fsp3) is 0.0588. The van der Waals surface area contributed by atoms with Gasteiger partial charge in [0.15, 0.2) is 5.69 Å². The van der Waals surface area contributed by atoms with Crippen LogP contribution in [0.25, 0.3) is 0 Å². The molecule has 0 saturated carbocycles. The van der Waals surface area contributed by atoms with E-state index in [4.69, 9.17) is 9.47 Å². The van der Waals surface area contributed by atoms with Crippen LogP contribution in [0.2, 0.25) is 0 Å². The second-order valence-corrected chi connectivity index (χ2v) is 6.36. The van der Waals surface area contributed by atoms with Gasteiger partial charge in [-0.15, -0.1) is 0 Å². The predicted octanol–water partition coefficient (Wildman–Crippen LogP) is 3.65. The molecule has 0 aliphatic carbocycles. The van der Waals surface area contributed by atoms with Crippen molar-refractivity contribution in [1.82, 2.24) is 15.3 Å². The van der Waals surface area contributed by atoms with Crippen LogP contribution in [0, 0.1) is 5.82 Å². The van der Waals surface area contributed by atoms with Crippen LogP contribution in [-0.2, 0) is 11.4 Å². The van der Waals surface area contributed by atoms with E-state index in [0.717, 1.165) is 5.56 Å². The van der Waals surface area contributed by atoms with E-state index in [1.54, 1.807) is 29.4 Å². The number of nitrogens with zero attached hydrogens (tertiary/aromatic N) is 5. The predicted molar refractivity (Wildman–Crippen MR) is 99.2 cm³/mol. The summed E-state index contributed by atoms with van der Waals surface area (Å²) >= 11 is 3.17. The molecule has 1 aromatic carbocycles. The number of aromatic nitrogens is 3. The second kappa shape index (κ2) is 7.16. The van der Waals surface area contributed by atoms with Crippen molar-refractivity contribution in [2.45, 2.75) is 6.54 Å². The Balaban J connectivity index is 1.61. The Morgan fingerprint density at radius 2 is 2.15 bits per heavy atom. The monoisotopic (exact) mass is 430 g/mol. The zero-order valence-corrected chi connectivity index (χ0v) is 15.4. The van der Waals surface area contributed by atoms with Crippen LogP contribution in [0.15, 0.2) is 69.4 Å². The van der Waals surface area contributed by atoms with E-state index in [1.165, 1.54) is 6.07 Å². The summed E-state index contributed by atoms with van der Waals surface area (Å²) in [5.74, 6) is 0.546. The number of pyridine rings is 1. The van der Waals surface area contributed by atoms with E-state index < -0.39 is 0 Å². The number of rotatable bonds is 5. The summed E-state index contributed by atoms with van der Waals surface area (Å²) in [6.07, 6.45) is 3.43. The Hall–Kier alpha value is -3.27. The summed E-state index contributed by atoms with van der Waals surface area (Å²) in [6.45, 7) is 4.28. The first-order chi connectivity index (χ1) is 13.1. The molecule has 4 rings (SSSR count). The molecule has 27 heavy (non-hydrogen) atoms. The minimum atomic E-state index is -0.384. The van der Waals surface area contributed by atoms with Crippen molar-refractivity contribution in [2.24, 2.45) is 5.16 Å². The molecule has 3 heterocycles. The van der Waals surface area contributed by atoms with Gasteiger partial charge >= 0.3 is 0 Å². The van der Waals surface area contributed by atoms with E-state index >= 15 is 0 Å². The van der Waals surface area contributed by atoms with Gasteiger partial charge in [-0.2, -0.15) is 0 Å². The van der Waals surface area contributed by atoms with Gasteiger partial charge in [0.05, 0.1) is 10.2 Å². The van der Waals surface area contributed by atoms with E-state index in [1.807, 2.05) is 12.1 Å². The zero-order valence-electron chi connectivity index (χ0n) is 13.8. The maximum atomic E-state index is 13.6. The van der Waals surface area contributed by atoms with Gasteiger partial charge in [-0.05, 0) is 62.7 Å². The molecule has 2 aromatic heterocycles. The third kappa shape index (κ3) is 3.38. The molecule has 136 valence electrons. The van der Waals surface area contributed by atoms with Crippen LogP contribution in [0.4, 0.5) is 15.9 Å². The minimum Gasteiger partial charge on any atom is -0.361 e. The van der Waals surface area contributed by atoms with Gasteiger partial charge in [0.1, 0.15) is 5.82 Å². The van der Waals surface area contributed by atoms with Crippen LogP contribution in [-0.4, -0.2) is 21.1 Å². The highest BCUT2D eigenvalue weighted by atomic mass is 79.9. The van der Waals surface area contributed by atoms with Gasteiger partial charge in [0, 0.05) is 18.9 Å². The van der Waals surface area contributed by atoms with Gasteiger partial charge in [-0.1, -0.05) is 11.2 Å². The van der Waals surface area contributed by atoms with Gasteiger partial charge in [0.2, 0.25) is 17.5 Å². The maximum absolute atomic E-state index is 13.6. The van der Waals surface area contributed by atoms with Crippen LogP contribution in [0.5, 0.6) is 0 Å². The topological polar surface area (TPSA) is 88.7 Å². The van der Waals surface area contributed by atoms with E-state index in [-0.39, 0.29) is 11.7 Å². The molecule has 0 fully saturated rings. The number of oxime groups is 1. The van der Waals surface area contributed by atoms with Crippen molar-refractivity contribution in [3.05, 3.63) is 76.7 Å². The molecule has 0 amide bonds. The first-order valence-corrected chi connectivity index (χ1v) is 8.57. The van der Waals surface area contributed by atoms with Crippen molar-refractivity contribution in [2.75, 3.05) is 10.2 Å². The summed E-state index contributed by atoms with van der Waals surface area (Å²) < 4.78 is 18.7. The van der Waals surface area contributed by atoms with Crippen molar-refractivity contribution in [3.8, 4) is 0 Å². The van der Waals surface area contributed by atoms with Crippen molar-refractivity contribution in [1.29, 1.82) is 0 Å². The maximum Gasteiger partial charge on any atom is 0.228 e. The summed E-state index contributed by atoms with van der Waals surface area (Å²) in [5.41, 5.74) is 1.88. The van der Waals surface area contributed by atoms with Crippen molar-refractivity contribution < 1.29 is 13.9 Å². The molecular formula is C17H12BrFN6O2. The lowest BCUT2D eigenvalue weighted by Gasteiger charge is -2.18. The highest BCUT2D eigenvalue weighted by Gasteiger charge is 2.32. The average Bonchev–Trinajstić information content (AvgIpc) is 3.29. The molecular weight excluding hydrogens is 419 g/mol. The largest absolute Gasteiger partial charge is 0.361 e. The minimum absolute atomic E-state index is 0.240. The molecule has 0 spiro atoms. The lowest BCUT2D eigenvalue weighted by molar-refractivity contribution is 0.246. The van der Waals surface area contributed by atoms with Crippen LogP contribution >= 0.6 is 15.9 Å². The third-order valence-corrected chi connectivity index (χ3v) is 4.35. The van der Waals surface area contributed by atoms with Crippen LogP contribution < -0.4 is 10.2 Å². The number of anilines is 2. The molecule has 3 aromatic rings. The number of halogens is 2. The Bertz CT molecular complexity index is 1020. The molecule has 0 bridgehead atoms. The number of nitrogens with one attached hydrogen (secondary N) is 1. The van der Waals surface area contributed by atoms with E-state index in [9.17, 15) is 4.39 Å². The molecule has 1 aliphatic heterocycles.